The van der Waals surface area contributed by atoms with E-state index in [1.54, 1.807) is 22.7 Å². The summed E-state index contributed by atoms with van der Waals surface area (Å²) in [5.74, 6) is -0.490. The summed E-state index contributed by atoms with van der Waals surface area (Å²) in [6.45, 7) is 2.80. The van der Waals surface area contributed by atoms with Crippen LogP contribution in [-0.2, 0) is 28.8 Å². The van der Waals surface area contributed by atoms with Gasteiger partial charge in [-0.3, -0.25) is 0 Å². The van der Waals surface area contributed by atoms with Crippen LogP contribution >= 0.6 is 22.7 Å². The maximum Gasteiger partial charge on any atom is 0.339 e. The highest BCUT2D eigenvalue weighted by molar-refractivity contribution is 7.10. The van der Waals surface area contributed by atoms with Crippen molar-refractivity contribution in [2.45, 2.75) is 37.4 Å². The largest absolute Gasteiger partial charge is 1.00 e. The number of benzene rings is 1. The highest BCUT2D eigenvalue weighted by atomic mass is 79.9. The van der Waals surface area contributed by atoms with Crippen LogP contribution in [0.15, 0.2) is 65.4 Å². The standard InChI is InChI=1S/C25H30NO3S2.BrH/c1-26(13-11-20-7-3-2-4-8-20)14-12-21(19-26)29-24(27)25(28,17-22-9-5-15-30-22)18-23-10-6-16-31-23;/h2-10,15-16,21,28H,11-14,17-19H2,1H3;1H/q+1;/p-1/t21-,26?;/m1./s1. The average Bonchev–Trinajstić information content (AvgIpc) is 3.51. The summed E-state index contributed by atoms with van der Waals surface area (Å²) >= 11 is 3.12. The number of esters is 1. The summed E-state index contributed by atoms with van der Waals surface area (Å²) in [5, 5.41) is 15.3. The number of nitrogens with zero attached hydrogens (tertiary/aromatic N) is 1. The van der Waals surface area contributed by atoms with E-state index in [0.29, 0.717) is 0 Å². The second-order valence-corrected chi connectivity index (χ2v) is 10.9. The van der Waals surface area contributed by atoms with Crippen molar-refractivity contribution in [3.05, 3.63) is 80.7 Å². The molecule has 1 aliphatic heterocycles. The molecule has 2 aromatic heterocycles. The predicted molar refractivity (Wildman–Crippen MR) is 126 cm³/mol. The van der Waals surface area contributed by atoms with Crippen LogP contribution in [0.3, 0.4) is 0 Å². The van der Waals surface area contributed by atoms with E-state index in [2.05, 4.69) is 31.3 Å². The zero-order chi connectivity index (χ0) is 21.7. The van der Waals surface area contributed by atoms with Gasteiger partial charge in [0.25, 0.3) is 0 Å². The average molecular weight is 537 g/mol. The van der Waals surface area contributed by atoms with E-state index in [0.717, 1.165) is 46.7 Å². The SMILES string of the molecule is C[N+]1(CCc2ccccc2)CC[C@@H](OC(=O)C(O)(Cc2cccs2)Cc2cccs2)C1.[Br-]. The minimum Gasteiger partial charge on any atom is -1.00 e. The van der Waals surface area contributed by atoms with Crippen molar-refractivity contribution in [2.24, 2.45) is 0 Å². The van der Waals surface area contributed by atoms with Crippen molar-refractivity contribution in [1.82, 2.24) is 0 Å². The predicted octanol–water partition coefficient (Wildman–Crippen LogP) is 1.33. The molecule has 0 spiro atoms. The number of rotatable bonds is 9. The molecule has 1 aliphatic rings. The van der Waals surface area contributed by atoms with E-state index in [9.17, 15) is 9.90 Å². The third kappa shape index (κ3) is 6.51. The van der Waals surface area contributed by atoms with Crippen LogP contribution in [0.1, 0.15) is 21.7 Å². The van der Waals surface area contributed by atoms with Gasteiger partial charge in [0, 0.05) is 35.4 Å². The van der Waals surface area contributed by atoms with Crippen molar-refractivity contribution < 1.29 is 36.1 Å². The summed E-state index contributed by atoms with van der Waals surface area (Å²) in [6.07, 6.45) is 2.28. The van der Waals surface area contributed by atoms with E-state index >= 15 is 0 Å². The molecule has 0 saturated carbocycles. The second-order valence-electron chi connectivity index (χ2n) is 8.84. The molecule has 3 heterocycles. The van der Waals surface area contributed by atoms with Crippen LogP contribution < -0.4 is 17.0 Å². The first-order valence-electron chi connectivity index (χ1n) is 10.8. The molecule has 1 N–H and O–H groups in total. The lowest BCUT2D eigenvalue weighted by Gasteiger charge is -2.30. The van der Waals surface area contributed by atoms with Crippen LogP contribution in [0, 0.1) is 0 Å². The summed E-state index contributed by atoms with van der Waals surface area (Å²) in [6, 6.07) is 18.3. The second kappa shape index (κ2) is 11.1. The maximum absolute atomic E-state index is 13.2. The summed E-state index contributed by atoms with van der Waals surface area (Å²) in [7, 11) is 2.24. The minimum atomic E-state index is -1.54. The third-order valence-electron chi connectivity index (χ3n) is 6.17. The molecule has 0 amide bonds. The molecular formula is C25H30BrNO3S2. The van der Waals surface area contributed by atoms with E-state index in [1.165, 1.54) is 5.56 Å². The van der Waals surface area contributed by atoms with Gasteiger partial charge < -0.3 is 31.3 Å². The number of aliphatic hydroxyl groups is 1. The van der Waals surface area contributed by atoms with Crippen molar-refractivity contribution in [3.8, 4) is 0 Å². The molecule has 4 nitrogen and oxygen atoms in total. The number of carbonyl (C=O) groups excluding carboxylic acids is 1. The molecule has 0 radical (unpaired) electrons. The van der Waals surface area contributed by atoms with Gasteiger partial charge in [0.1, 0.15) is 6.54 Å². The number of carbonyl (C=O) groups is 1. The van der Waals surface area contributed by atoms with Crippen molar-refractivity contribution >= 4 is 28.6 Å². The lowest BCUT2D eigenvalue weighted by Crippen LogP contribution is -3.00. The van der Waals surface area contributed by atoms with Gasteiger partial charge in [0.05, 0.1) is 20.1 Å². The molecule has 1 unspecified atom stereocenters. The van der Waals surface area contributed by atoms with E-state index in [4.69, 9.17) is 4.74 Å². The van der Waals surface area contributed by atoms with Gasteiger partial charge >= 0.3 is 5.97 Å². The molecule has 1 aromatic carbocycles. The lowest BCUT2D eigenvalue weighted by atomic mass is 9.93. The Morgan fingerprint density at radius 1 is 1.06 bits per heavy atom. The molecule has 3 aromatic rings. The van der Waals surface area contributed by atoms with Crippen molar-refractivity contribution in [3.63, 3.8) is 0 Å². The summed E-state index contributed by atoms with van der Waals surface area (Å²) < 4.78 is 6.82. The first-order chi connectivity index (χ1) is 14.9. The number of thiophene rings is 2. The van der Waals surface area contributed by atoms with Gasteiger partial charge in [-0.2, -0.15) is 0 Å². The monoisotopic (exact) mass is 535 g/mol. The zero-order valence-electron chi connectivity index (χ0n) is 18.3. The number of ether oxygens (including phenoxy) is 1. The minimum absolute atomic E-state index is 0. The molecule has 172 valence electrons. The Morgan fingerprint density at radius 2 is 1.69 bits per heavy atom. The molecule has 7 heteroatoms. The number of likely N-dealkylation sites (tertiary alicyclic amines) is 1. The van der Waals surface area contributed by atoms with Crippen LogP contribution in [0.2, 0.25) is 0 Å². The molecule has 2 atom stereocenters. The van der Waals surface area contributed by atoms with E-state index in [-0.39, 0.29) is 35.9 Å². The molecular weight excluding hydrogens is 506 g/mol. The van der Waals surface area contributed by atoms with Gasteiger partial charge in [-0.15, -0.1) is 22.7 Å². The smallest absolute Gasteiger partial charge is 0.339 e. The Bertz CT molecular complexity index is 926. The molecule has 32 heavy (non-hydrogen) atoms. The number of halogens is 1. The summed E-state index contributed by atoms with van der Waals surface area (Å²) in [5.41, 5.74) is -0.199. The number of quaternary nitrogens is 1. The molecule has 4 rings (SSSR count). The number of hydrogen-bond donors (Lipinski definition) is 1. The van der Waals surface area contributed by atoms with Crippen LogP contribution in [0.25, 0.3) is 0 Å². The molecule has 1 saturated heterocycles. The highest BCUT2D eigenvalue weighted by Gasteiger charge is 2.43. The van der Waals surface area contributed by atoms with Crippen LogP contribution in [0.5, 0.6) is 0 Å². The van der Waals surface area contributed by atoms with Gasteiger partial charge in [0.2, 0.25) is 0 Å². The Hall–Kier alpha value is -1.51. The molecule has 0 bridgehead atoms. The first kappa shape index (κ1) is 25.1. The molecule has 1 fully saturated rings. The third-order valence-corrected chi connectivity index (χ3v) is 7.92. The Morgan fingerprint density at radius 3 is 2.25 bits per heavy atom. The fourth-order valence-corrected chi connectivity index (χ4v) is 5.97. The van der Waals surface area contributed by atoms with Crippen molar-refractivity contribution in [1.29, 1.82) is 0 Å². The number of hydrogen-bond acceptors (Lipinski definition) is 5. The quantitative estimate of drug-likeness (QED) is 0.332. The lowest BCUT2D eigenvalue weighted by molar-refractivity contribution is -0.898. The first-order valence-corrected chi connectivity index (χ1v) is 12.6. The Balaban J connectivity index is 0.00000289. The topological polar surface area (TPSA) is 46.5 Å². The molecule has 0 aliphatic carbocycles. The van der Waals surface area contributed by atoms with Gasteiger partial charge in [-0.1, -0.05) is 42.5 Å². The normalized spacial score (nSPS) is 20.6. The van der Waals surface area contributed by atoms with Crippen LogP contribution in [-0.4, -0.2) is 53.9 Å². The van der Waals surface area contributed by atoms with Crippen LogP contribution in [0.4, 0.5) is 0 Å². The zero-order valence-corrected chi connectivity index (χ0v) is 21.5. The Kier molecular flexibility index (Phi) is 8.69. The van der Waals surface area contributed by atoms with E-state index in [1.807, 2.05) is 41.1 Å². The fourth-order valence-electron chi connectivity index (χ4n) is 4.34. The van der Waals surface area contributed by atoms with Crippen molar-refractivity contribution in [2.75, 3.05) is 26.7 Å². The van der Waals surface area contributed by atoms with Gasteiger partial charge in [-0.25, -0.2) is 4.79 Å². The number of likely N-dealkylation sites (N-methyl/N-ethyl adjacent to an activating group) is 1. The summed E-state index contributed by atoms with van der Waals surface area (Å²) in [4.78, 5) is 15.2. The fraction of sp³-hybridized carbons (Fsp3) is 0.400. The highest BCUT2D eigenvalue weighted by Crippen LogP contribution is 2.28. The van der Waals surface area contributed by atoms with Gasteiger partial charge in [0.15, 0.2) is 11.7 Å². The Labute approximate surface area is 208 Å². The van der Waals surface area contributed by atoms with Gasteiger partial charge in [-0.05, 0) is 28.5 Å². The van der Waals surface area contributed by atoms with E-state index < -0.39 is 11.6 Å². The maximum atomic E-state index is 13.2.